The quantitative estimate of drug-likeness (QED) is 0.331. The molecule has 4 saturated carbocycles. The van der Waals surface area contributed by atoms with Crippen molar-refractivity contribution in [2.24, 2.45) is 39.3 Å². The van der Waals surface area contributed by atoms with Crippen LogP contribution >= 0.6 is 11.6 Å². The van der Waals surface area contributed by atoms with Crippen molar-refractivity contribution in [3.05, 3.63) is 35.9 Å². The largest absolute Gasteiger partial charge is 0.330 e. The van der Waals surface area contributed by atoms with Crippen molar-refractivity contribution in [3.63, 3.8) is 0 Å². The summed E-state index contributed by atoms with van der Waals surface area (Å²) in [6.45, 7) is 6.26. The molecule has 0 radical (unpaired) electrons. The zero-order valence-corrected chi connectivity index (χ0v) is 21.1. The molecule has 5 atom stereocenters. The molecule has 0 heterocycles. The van der Waals surface area contributed by atoms with Gasteiger partial charge in [-0.25, -0.2) is 4.99 Å². The summed E-state index contributed by atoms with van der Waals surface area (Å²) in [5.41, 5.74) is 7.08. The number of halogens is 1. The van der Waals surface area contributed by atoms with E-state index in [9.17, 15) is 4.79 Å². The lowest BCUT2D eigenvalue weighted by Gasteiger charge is -2.78. The number of hydrogen-bond donors (Lipinski definition) is 1. The second-order valence-electron chi connectivity index (χ2n) is 11.5. The third-order valence-electron chi connectivity index (χ3n) is 10.4. The van der Waals surface area contributed by atoms with Gasteiger partial charge in [-0.3, -0.25) is 9.69 Å². The van der Waals surface area contributed by atoms with Crippen LogP contribution in [-0.4, -0.2) is 42.2 Å². The SMILES string of the molecule is CCN(CCl)C1CC2(C(=O)N=CC3CCC(CN)CC3)CC3(c4ccccc4)CC(C)C23C1. The first kappa shape index (κ1) is 23.5. The Morgan fingerprint density at radius 2 is 1.91 bits per heavy atom. The van der Waals surface area contributed by atoms with Crippen molar-refractivity contribution < 1.29 is 4.79 Å². The van der Waals surface area contributed by atoms with Gasteiger partial charge in [0.2, 0.25) is 0 Å². The molecule has 1 aromatic rings. The minimum Gasteiger partial charge on any atom is -0.330 e. The number of benzene rings is 1. The number of nitrogens with two attached hydrogens (primary N) is 1. The Hall–Kier alpha value is -1.23. The third-order valence-corrected chi connectivity index (χ3v) is 10.7. The minimum absolute atomic E-state index is 0.0110. The highest BCUT2D eigenvalue weighted by atomic mass is 35.5. The predicted octanol–water partition coefficient (Wildman–Crippen LogP) is 5.38. The Kier molecular flexibility index (Phi) is 6.25. The van der Waals surface area contributed by atoms with E-state index < -0.39 is 0 Å². The average Bonchev–Trinajstić information content (AvgIpc) is 3.18. The standard InChI is InChI=1S/C28H40ClN3O/c1-3-32(19-29)24-14-27(25(33)31-17-22-11-9-21(16-30)10-12-22)18-26(23-7-5-4-6-8-23)13-20(2)28(26,27)15-24/h4-8,17,20-22,24H,3,9-16,18-19,30H2,1-2H3. The van der Waals surface area contributed by atoms with Crippen LogP contribution in [0.1, 0.15) is 70.8 Å². The molecule has 180 valence electrons. The van der Waals surface area contributed by atoms with Crippen molar-refractivity contribution in [1.29, 1.82) is 0 Å². The molecule has 4 fully saturated rings. The Morgan fingerprint density at radius 1 is 1.18 bits per heavy atom. The highest BCUT2D eigenvalue weighted by Crippen LogP contribution is 2.86. The number of hydrogen-bond acceptors (Lipinski definition) is 3. The number of nitrogens with zero attached hydrogens (tertiary/aromatic N) is 2. The van der Waals surface area contributed by atoms with E-state index in [1.54, 1.807) is 0 Å². The van der Waals surface area contributed by atoms with Gasteiger partial charge in [0.05, 0.1) is 11.4 Å². The van der Waals surface area contributed by atoms with E-state index in [1.165, 1.54) is 12.0 Å². The lowest BCUT2D eigenvalue weighted by molar-refractivity contribution is -0.253. The number of alkyl halides is 1. The number of amides is 1. The lowest BCUT2D eigenvalue weighted by Crippen LogP contribution is -2.77. The van der Waals surface area contributed by atoms with E-state index in [4.69, 9.17) is 22.3 Å². The van der Waals surface area contributed by atoms with E-state index in [-0.39, 0.29) is 22.2 Å². The molecule has 5 unspecified atom stereocenters. The van der Waals surface area contributed by atoms with E-state index in [2.05, 4.69) is 49.1 Å². The average molecular weight is 470 g/mol. The molecule has 1 spiro atoms. The number of aliphatic imine (C=N–C) groups is 1. The van der Waals surface area contributed by atoms with Gasteiger partial charge in [-0.2, -0.15) is 0 Å². The fourth-order valence-electron chi connectivity index (χ4n) is 8.79. The van der Waals surface area contributed by atoms with Crippen LogP contribution in [0.25, 0.3) is 0 Å². The highest BCUT2D eigenvalue weighted by molar-refractivity contribution is 6.17. The van der Waals surface area contributed by atoms with Gasteiger partial charge in [0.25, 0.3) is 5.91 Å². The van der Waals surface area contributed by atoms with Crippen LogP contribution in [0.5, 0.6) is 0 Å². The Labute approximate surface area is 204 Å². The fourth-order valence-corrected chi connectivity index (χ4v) is 9.16. The fraction of sp³-hybridized carbons (Fsp3) is 0.714. The maximum absolute atomic E-state index is 14.0. The Balaban J connectivity index is 1.44. The van der Waals surface area contributed by atoms with Crippen molar-refractivity contribution in [2.45, 2.75) is 76.7 Å². The molecule has 0 aliphatic heterocycles. The molecular weight excluding hydrogens is 430 g/mol. The molecule has 1 amide bonds. The zero-order valence-electron chi connectivity index (χ0n) is 20.3. The molecule has 0 aromatic heterocycles. The summed E-state index contributed by atoms with van der Waals surface area (Å²) < 4.78 is 0. The second-order valence-corrected chi connectivity index (χ2v) is 11.7. The van der Waals surface area contributed by atoms with Gasteiger partial charge in [-0.1, -0.05) is 44.2 Å². The number of carbonyl (C=O) groups is 1. The molecule has 4 nitrogen and oxygen atoms in total. The summed E-state index contributed by atoms with van der Waals surface area (Å²) in [5, 5.41) is 0. The molecule has 1 aromatic carbocycles. The van der Waals surface area contributed by atoms with Crippen LogP contribution in [0.2, 0.25) is 0 Å². The van der Waals surface area contributed by atoms with E-state index in [0.717, 1.165) is 58.0 Å². The van der Waals surface area contributed by atoms with Crippen LogP contribution in [0, 0.1) is 28.6 Å². The van der Waals surface area contributed by atoms with E-state index >= 15 is 0 Å². The molecule has 4 aliphatic carbocycles. The van der Waals surface area contributed by atoms with Gasteiger partial charge in [0.15, 0.2) is 0 Å². The summed E-state index contributed by atoms with van der Waals surface area (Å²) in [6.07, 6.45) is 10.6. The van der Waals surface area contributed by atoms with Crippen LogP contribution in [0.4, 0.5) is 0 Å². The van der Waals surface area contributed by atoms with Crippen LogP contribution < -0.4 is 5.73 Å². The van der Waals surface area contributed by atoms with Crippen LogP contribution in [0.3, 0.4) is 0 Å². The first-order valence-electron chi connectivity index (χ1n) is 13.1. The molecule has 33 heavy (non-hydrogen) atoms. The summed E-state index contributed by atoms with van der Waals surface area (Å²) in [5.74, 6) is 1.75. The first-order valence-corrected chi connectivity index (χ1v) is 13.6. The Bertz CT molecular complexity index is 894. The highest BCUT2D eigenvalue weighted by Gasteiger charge is 2.86. The van der Waals surface area contributed by atoms with Gasteiger partial charge < -0.3 is 5.73 Å². The van der Waals surface area contributed by atoms with Crippen LogP contribution in [-0.2, 0) is 10.2 Å². The maximum Gasteiger partial charge on any atom is 0.252 e. The summed E-state index contributed by atoms with van der Waals surface area (Å²) in [7, 11) is 0. The van der Waals surface area contributed by atoms with Gasteiger partial charge in [0.1, 0.15) is 0 Å². The number of rotatable bonds is 7. The lowest BCUT2D eigenvalue weighted by atomic mass is 9.24. The van der Waals surface area contributed by atoms with Gasteiger partial charge in [0, 0.05) is 17.7 Å². The second kappa shape index (κ2) is 8.77. The Morgan fingerprint density at radius 3 is 2.52 bits per heavy atom. The maximum atomic E-state index is 14.0. The van der Waals surface area contributed by atoms with Crippen molar-refractivity contribution in [3.8, 4) is 0 Å². The van der Waals surface area contributed by atoms with Crippen molar-refractivity contribution in [1.82, 2.24) is 4.90 Å². The number of carbonyl (C=O) groups excluding carboxylic acids is 1. The van der Waals surface area contributed by atoms with Gasteiger partial charge in [-0.15, -0.1) is 11.6 Å². The van der Waals surface area contributed by atoms with Gasteiger partial charge in [-0.05, 0) is 93.2 Å². The minimum atomic E-state index is -0.338. The third kappa shape index (κ3) is 3.23. The first-order chi connectivity index (χ1) is 16.0. The molecule has 0 saturated heterocycles. The van der Waals surface area contributed by atoms with Crippen molar-refractivity contribution >= 4 is 23.7 Å². The normalized spacial score (nSPS) is 42.0. The molecular formula is C28H40ClN3O. The van der Waals surface area contributed by atoms with E-state index in [0.29, 0.717) is 29.8 Å². The molecule has 4 aliphatic rings. The predicted molar refractivity (Wildman–Crippen MR) is 136 cm³/mol. The zero-order chi connectivity index (χ0) is 23.3. The van der Waals surface area contributed by atoms with Crippen molar-refractivity contribution in [2.75, 3.05) is 19.1 Å². The molecule has 2 N–H and O–H groups in total. The summed E-state index contributed by atoms with van der Waals surface area (Å²) >= 11 is 6.37. The van der Waals surface area contributed by atoms with E-state index in [1.807, 2.05) is 6.21 Å². The van der Waals surface area contributed by atoms with Crippen LogP contribution in [0.15, 0.2) is 35.3 Å². The topological polar surface area (TPSA) is 58.7 Å². The molecule has 5 heteroatoms. The molecule has 0 bridgehead atoms. The smallest absolute Gasteiger partial charge is 0.252 e. The van der Waals surface area contributed by atoms with Gasteiger partial charge >= 0.3 is 0 Å². The molecule has 5 rings (SSSR count). The summed E-state index contributed by atoms with van der Waals surface area (Å²) in [4.78, 5) is 21.1. The monoisotopic (exact) mass is 469 g/mol. The summed E-state index contributed by atoms with van der Waals surface area (Å²) in [6, 6.07) is 11.9.